The van der Waals surface area contributed by atoms with Crippen LogP contribution in [-0.4, -0.2) is 17.9 Å². The molecule has 0 aromatic carbocycles. The van der Waals surface area contributed by atoms with E-state index in [1.165, 1.54) is 0 Å². The van der Waals surface area contributed by atoms with Gasteiger partial charge in [0.15, 0.2) is 5.84 Å². The summed E-state index contributed by atoms with van der Waals surface area (Å²) in [5.41, 5.74) is 1.84. The number of nitrogens with zero attached hydrogens (tertiary/aromatic N) is 2. The van der Waals surface area contributed by atoms with Gasteiger partial charge in [-0.1, -0.05) is 49.9 Å². The molecule has 1 aliphatic rings. The summed E-state index contributed by atoms with van der Waals surface area (Å²) in [6, 6.07) is 0. The molecule has 0 bridgehead atoms. The van der Waals surface area contributed by atoms with E-state index in [1.807, 2.05) is 18.5 Å². The lowest BCUT2D eigenvalue weighted by molar-refractivity contribution is 0.664. The van der Waals surface area contributed by atoms with E-state index >= 15 is 0 Å². The molecule has 0 aromatic rings. The third kappa shape index (κ3) is 5.68. The fourth-order valence-corrected chi connectivity index (χ4v) is 1.91. The van der Waals surface area contributed by atoms with Gasteiger partial charge < -0.3 is 0 Å². The topological polar surface area (TPSA) is 24.7 Å². The van der Waals surface area contributed by atoms with Crippen LogP contribution in [0, 0.1) is 5.92 Å². The highest BCUT2D eigenvalue weighted by Crippen LogP contribution is 2.22. The molecule has 0 unspecified atom stereocenters. The predicted molar refractivity (Wildman–Crippen MR) is 79.9 cm³/mol. The first-order chi connectivity index (χ1) is 8.24. The Morgan fingerprint density at radius 1 is 1.35 bits per heavy atom. The zero-order valence-electron chi connectivity index (χ0n) is 10.8. The number of aliphatic imine (C=N–C) groups is 2. The molecule has 0 atom stereocenters. The third-order valence-corrected chi connectivity index (χ3v) is 2.88. The minimum atomic E-state index is 0.722. The van der Waals surface area contributed by atoms with E-state index in [0.717, 1.165) is 29.6 Å². The molecule has 0 amide bonds. The van der Waals surface area contributed by atoms with Gasteiger partial charge in [0.2, 0.25) is 0 Å². The van der Waals surface area contributed by atoms with Gasteiger partial charge in [0.05, 0.1) is 10.5 Å². The third-order valence-electron chi connectivity index (χ3n) is 2.10. The summed E-state index contributed by atoms with van der Waals surface area (Å²) < 4.78 is 0. The molecule has 17 heavy (non-hydrogen) atoms. The highest BCUT2D eigenvalue weighted by molar-refractivity contribution is 8.16. The van der Waals surface area contributed by atoms with Gasteiger partial charge >= 0.3 is 0 Å². The largest absolute Gasteiger partial charge is 0.266 e. The molecule has 2 nitrogen and oxygen atoms in total. The Kier molecular flexibility index (Phi) is 6.63. The van der Waals surface area contributed by atoms with E-state index in [0.29, 0.717) is 0 Å². The van der Waals surface area contributed by atoms with Crippen LogP contribution in [0.2, 0.25) is 0 Å². The van der Waals surface area contributed by atoms with E-state index in [-0.39, 0.29) is 0 Å². The zero-order valence-corrected chi connectivity index (χ0v) is 11.6. The molecule has 0 saturated heterocycles. The first kappa shape index (κ1) is 14.0. The minimum Gasteiger partial charge on any atom is -0.266 e. The van der Waals surface area contributed by atoms with Gasteiger partial charge in [-0.15, -0.1) is 0 Å². The first-order valence-electron chi connectivity index (χ1n) is 6.01. The highest BCUT2D eigenvalue weighted by atomic mass is 32.2. The highest BCUT2D eigenvalue weighted by Gasteiger charge is 2.09. The molecule has 1 heterocycles. The average Bonchev–Trinajstić information content (AvgIpc) is 2.71. The monoisotopic (exact) mass is 248 g/mol. The van der Waals surface area contributed by atoms with Crippen molar-refractivity contribution < 1.29 is 0 Å². The van der Waals surface area contributed by atoms with Crippen LogP contribution < -0.4 is 0 Å². The Bertz CT molecular complexity index is 374. The lowest BCUT2D eigenvalue weighted by atomic mass is 10.1. The quantitative estimate of drug-likeness (QED) is 0.668. The standard InChI is InChI=1S/C14H20N2S/c1-4-15-14-13(17-11-16-14)10-8-6-5-7-9-12(2)3/h5-8,10-12H,4,9H2,1-3H3/b7-5-,8-6+,13-10-,15-14?. The molecular weight excluding hydrogens is 228 g/mol. The molecule has 0 fully saturated rings. The second-order valence-electron chi connectivity index (χ2n) is 4.12. The van der Waals surface area contributed by atoms with Crippen molar-refractivity contribution >= 4 is 23.1 Å². The Morgan fingerprint density at radius 3 is 2.88 bits per heavy atom. The average molecular weight is 248 g/mol. The summed E-state index contributed by atoms with van der Waals surface area (Å²) in [5, 5.41) is 0. The van der Waals surface area contributed by atoms with Gasteiger partial charge in [-0.25, -0.2) is 4.99 Å². The molecule has 1 rings (SSSR count). The lowest BCUT2D eigenvalue weighted by Crippen LogP contribution is -1.90. The van der Waals surface area contributed by atoms with E-state index in [2.05, 4.69) is 48.1 Å². The van der Waals surface area contributed by atoms with Gasteiger partial charge in [0.25, 0.3) is 0 Å². The molecule has 0 saturated carbocycles. The van der Waals surface area contributed by atoms with Crippen LogP contribution in [0.1, 0.15) is 27.2 Å². The SMILES string of the molecule is CCN=C1N=CS\C1=C/C=C/C=C\CC(C)C. The number of thioether (sulfide) groups is 1. The Balaban J connectivity index is 2.46. The van der Waals surface area contributed by atoms with Crippen LogP contribution in [0.15, 0.2) is 45.3 Å². The van der Waals surface area contributed by atoms with Crippen molar-refractivity contribution in [1.29, 1.82) is 0 Å². The zero-order chi connectivity index (χ0) is 12.5. The summed E-state index contributed by atoms with van der Waals surface area (Å²) >= 11 is 1.62. The smallest absolute Gasteiger partial charge is 0.161 e. The van der Waals surface area contributed by atoms with Gasteiger partial charge in [-0.2, -0.15) is 0 Å². The van der Waals surface area contributed by atoms with Gasteiger partial charge in [0, 0.05) is 6.54 Å². The molecular formula is C14H20N2S. The van der Waals surface area contributed by atoms with Crippen LogP contribution in [-0.2, 0) is 0 Å². The molecule has 0 spiro atoms. The van der Waals surface area contributed by atoms with Crippen molar-refractivity contribution in [3.8, 4) is 0 Å². The number of amidine groups is 1. The summed E-state index contributed by atoms with van der Waals surface area (Å²) in [6.07, 6.45) is 11.6. The van der Waals surface area contributed by atoms with E-state index in [9.17, 15) is 0 Å². The second kappa shape index (κ2) is 8.07. The number of hydrogen-bond acceptors (Lipinski definition) is 2. The maximum atomic E-state index is 4.32. The maximum absolute atomic E-state index is 4.32. The molecule has 0 N–H and O–H groups in total. The van der Waals surface area contributed by atoms with Crippen molar-refractivity contribution in [3.63, 3.8) is 0 Å². The van der Waals surface area contributed by atoms with Crippen molar-refractivity contribution in [2.24, 2.45) is 15.9 Å². The second-order valence-corrected chi connectivity index (χ2v) is 5.01. The fourth-order valence-electron chi connectivity index (χ4n) is 1.27. The van der Waals surface area contributed by atoms with Gasteiger partial charge in [-0.05, 0) is 25.3 Å². The summed E-state index contributed by atoms with van der Waals surface area (Å²) in [7, 11) is 0. The molecule has 1 aliphatic heterocycles. The van der Waals surface area contributed by atoms with Crippen molar-refractivity contribution in [2.45, 2.75) is 27.2 Å². The van der Waals surface area contributed by atoms with Crippen LogP contribution in [0.3, 0.4) is 0 Å². The Labute approximate surface area is 108 Å². The van der Waals surface area contributed by atoms with Crippen LogP contribution in [0.4, 0.5) is 0 Å². The number of allylic oxidation sites excluding steroid dienone is 5. The Morgan fingerprint density at radius 2 is 2.18 bits per heavy atom. The first-order valence-corrected chi connectivity index (χ1v) is 6.89. The van der Waals surface area contributed by atoms with Crippen molar-refractivity contribution in [1.82, 2.24) is 0 Å². The molecule has 0 radical (unpaired) electrons. The molecule has 92 valence electrons. The van der Waals surface area contributed by atoms with Crippen LogP contribution >= 0.6 is 11.8 Å². The van der Waals surface area contributed by atoms with Crippen LogP contribution in [0.5, 0.6) is 0 Å². The van der Waals surface area contributed by atoms with Crippen LogP contribution in [0.25, 0.3) is 0 Å². The number of rotatable bonds is 5. The van der Waals surface area contributed by atoms with Gasteiger partial charge in [-0.3, -0.25) is 4.99 Å². The maximum Gasteiger partial charge on any atom is 0.161 e. The summed E-state index contributed by atoms with van der Waals surface area (Å²) in [4.78, 5) is 9.66. The summed E-state index contributed by atoms with van der Waals surface area (Å²) in [5.74, 6) is 1.58. The molecule has 3 heteroatoms. The normalized spacial score (nSPS) is 20.9. The van der Waals surface area contributed by atoms with Crippen molar-refractivity contribution in [3.05, 3.63) is 35.3 Å². The molecule has 0 aromatic heterocycles. The fraction of sp³-hybridized carbons (Fsp3) is 0.429. The number of hydrogen-bond donors (Lipinski definition) is 0. The van der Waals surface area contributed by atoms with E-state index in [1.54, 1.807) is 11.8 Å². The molecule has 0 aliphatic carbocycles. The van der Waals surface area contributed by atoms with E-state index < -0.39 is 0 Å². The predicted octanol–water partition coefficient (Wildman–Crippen LogP) is 4.22. The van der Waals surface area contributed by atoms with Crippen molar-refractivity contribution in [2.75, 3.05) is 6.54 Å². The lowest BCUT2D eigenvalue weighted by Gasteiger charge is -1.95. The summed E-state index contributed by atoms with van der Waals surface area (Å²) in [6.45, 7) is 7.24. The van der Waals surface area contributed by atoms with Gasteiger partial charge in [0.1, 0.15) is 0 Å². The van der Waals surface area contributed by atoms with E-state index in [4.69, 9.17) is 0 Å². The minimum absolute atomic E-state index is 0.722. The Hall–Kier alpha value is -1.09.